The third-order valence-electron chi connectivity index (χ3n) is 4.99. The number of anilines is 2. The molecule has 0 radical (unpaired) electrons. The van der Waals surface area contributed by atoms with E-state index in [9.17, 15) is 14.4 Å². The zero-order valence-electron chi connectivity index (χ0n) is 17.7. The zero-order valence-corrected chi connectivity index (χ0v) is 19.3. The maximum absolute atomic E-state index is 12.7. The summed E-state index contributed by atoms with van der Waals surface area (Å²) < 4.78 is 0.900. The molecule has 8 heteroatoms. The third kappa shape index (κ3) is 5.32. The zero-order chi connectivity index (χ0) is 22.5. The molecule has 4 amide bonds. The molecule has 0 atom stereocenters. The Balaban J connectivity index is 1.70. The van der Waals surface area contributed by atoms with Crippen LogP contribution in [0.25, 0.3) is 6.08 Å². The number of halogens is 1. The molecule has 1 heterocycles. The maximum atomic E-state index is 12.7. The van der Waals surface area contributed by atoms with Crippen LogP contribution in [0.1, 0.15) is 25.0 Å². The van der Waals surface area contributed by atoms with E-state index in [1.807, 2.05) is 37.3 Å². The number of nitrogens with one attached hydrogen (secondary N) is 2. The van der Waals surface area contributed by atoms with Gasteiger partial charge in [0.25, 0.3) is 5.91 Å². The van der Waals surface area contributed by atoms with Gasteiger partial charge in [-0.25, -0.2) is 9.69 Å². The molecule has 0 saturated carbocycles. The molecule has 1 saturated heterocycles. The first-order chi connectivity index (χ1) is 14.8. The van der Waals surface area contributed by atoms with E-state index in [-0.39, 0.29) is 12.2 Å². The van der Waals surface area contributed by atoms with Crippen molar-refractivity contribution in [2.75, 3.05) is 29.9 Å². The molecular formula is C23H25BrN4O3. The summed E-state index contributed by atoms with van der Waals surface area (Å²) in [5, 5.41) is 5.24. The van der Waals surface area contributed by atoms with Gasteiger partial charge in [-0.2, -0.15) is 0 Å². The number of hydrogen-bond donors (Lipinski definition) is 2. The molecule has 2 aromatic rings. The Morgan fingerprint density at radius 1 is 1.13 bits per heavy atom. The van der Waals surface area contributed by atoms with E-state index >= 15 is 0 Å². The molecule has 3 rings (SSSR count). The number of benzene rings is 2. The molecule has 162 valence electrons. The van der Waals surface area contributed by atoms with E-state index in [0.29, 0.717) is 5.69 Å². The topological polar surface area (TPSA) is 81.8 Å². The van der Waals surface area contributed by atoms with Gasteiger partial charge in [-0.3, -0.25) is 9.59 Å². The van der Waals surface area contributed by atoms with Crippen molar-refractivity contribution in [1.29, 1.82) is 0 Å². The van der Waals surface area contributed by atoms with Crippen LogP contribution in [0.5, 0.6) is 0 Å². The molecule has 0 spiro atoms. The number of imide groups is 1. The van der Waals surface area contributed by atoms with E-state index < -0.39 is 17.8 Å². The average molecular weight is 485 g/mol. The second-order valence-corrected chi connectivity index (χ2v) is 8.03. The predicted octanol–water partition coefficient (Wildman–Crippen LogP) is 4.14. The number of nitrogens with zero attached hydrogens (tertiary/aromatic N) is 2. The highest BCUT2D eigenvalue weighted by molar-refractivity contribution is 9.10. The molecule has 2 N–H and O–H groups in total. The van der Waals surface area contributed by atoms with Crippen molar-refractivity contribution in [3.8, 4) is 0 Å². The largest absolute Gasteiger partial charge is 0.371 e. The number of amides is 4. The van der Waals surface area contributed by atoms with E-state index in [0.717, 1.165) is 39.3 Å². The minimum absolute atomic E-state index is 0.135. The Morgan fingerprint density at radius 2 is 1.81 bits per heavy atom. The molecule has 1 fully saturated rings. The van der Waals surface area contributed by atoms with Crippen LogP contribution in [-0.2, 0) is 9.59 Å². The Kier molecular flexibility index (Phi) is 7.12. The summed E-state index contributed by atoms with van der Waals surface area (Å²) in [7, 11) is 0. The first-order valence-corrected chi connectivity index (χ1v) is 10.9. The lowest BCUT2D eigenvalue weighted by molar-refractivity contribution is -0.127. The third-order valence-corrected chi connectivity index (χ3v) is 5.62. The summed E-state index contributed by atoms with van der Waals surface area (Å²) >= 11 is 3.58. The fourth-order valence-corrected chi connectivity index (χ4v) is 3.94. The highest BCUT2D eigenvalue weighted by Gasteiger charge is 2.34. The molecule has 7 nitrogen and oxygen atoms in total. The Morgan fingerprint density at radius 3 is 2.42 bits per heavy atom. The van der Waals surface area contributed by atoms with Crippen molar-refractivity contribution in [2.24, 2.45) is 0 Å². The number of urea groups is 1. The van der Waals surface area contributed by atoms with E-state index in [2.05, 4.69) is 45.3 Å². The fourth-order valence-electron chi connectivity index (χ4n) is 3.30. The van der Waals surface area contributed by atoms with Crippen LogP contribution >= 0.6 is 15.9 Å². The van der Waals surface area contributed by atoms with Crippen molar-refractivity contribution < 1.29 is 14.4 Å². The molecule has 2 aromatic carbocycles. The molecule has 31 heavy (non-hydrogen) atoms. The second kappa shape index (κ2) is 9.78. The molecule has 0 aliphatic carbocycles. The lowest BCUT2D eigenvalue weighted by atomic mass is 10.1. The van der Waals surface area contributed by atoms with Gasteiger partial charge in [0.2, 0.25) is 5.91 Å². The van der Waals surface area contributed by atoms with Crippen LogP contribution in [0.4, 0.5) is 16.2 Å². The summed E-state index contributed by atoms with van der Waals surface area (Å²) in [5.74, 6) is -0.979. The maximum Gasteiger partial charge on any atom is 0.329 e. The van der Waals surface area contributed by atoms with Crippen molar-refractivity contribution >= 4 is 51.2 Å². The van der Waals surface area contributed by atoms with Gasteiger partial charge in [-0.1, -0.05) is 23.8 Å². The van der Waals surface area contributed by atoms with Gasteiger partial charge in [-0.05, 0) is 72.6 Å². The highest BCUT2D eigenvalue weighted by atomic mass is 79.9. The summed E-state index contributed by atoms with van der Waals surface area (Å²) in [5.41, 5.74) is 3.63. The SMILES string of the molecule is CCN(CC)c1ccc(/C=C2/NC(=O)N(CC(=O)Nc3ccc(C)cc3)C2=O)cc1Br. The second-order valence-electron chi connectivity index (χ2n) is 7.18. The van der Waals surface area contributed by atoms with Crippen LogP contribution in [0, 0.1) is 6.92 Å². The summed E-state index contributed by atoms with van der Waals surface area (Å²) in [6, 6.07) is 12.4. The monoisotopic (exact) mass is 484 g/mol. The van der Waals surface area contributed by atoms with Gasteiger partial charge in [0, 0.05) is 23.2 Å². The van der Waals surface area contributed by atoms with Crippen LogP contribution < -0.4 is 15.5 Å². The standard InChI is InChI=1S/C23H25BrN4O3/c1-4-27(5-2)20-11-8-16(12-18(20)24)13-19-22(30)28(23(31)26-19)14-21(29)25-17-9-6-15(3)7-10-17/h6-13H,4-5,14H2,1-3H3,(H,25,29)(H,26,31)/b19-13+. The van der Waals surface area contributed by atoms with Crippen LogP contribution in [0.2, 0.25) is 0 Å². The van der Waals surface area contributed by atoms with Crippen LogP contribution in [0.15, 0.2) is 52.6 Å². The van der Waals surface area contributed by atoms with Crippen molar-refractivity contribution in [1.82, 2.24) is 10.2 Å². The number of carbonyl (C=O) groups excluding carboxylic acids is 3. The molecule has 1 aliphatic heterocycles. The Bertz CT molecular complexity index is 1030. The lowest BCUT2D eigenvalue weighted by Gasteiger charge is -2.22. The van der Waals surface area contributed by atoms with Crippen LogP contribution in [0.3, 0.4) is 0 Å². The summed E-state index contributed by atoms with van der Waals surface area (Å²) in [6.07, 6.45) is 1.61. The minimum Gasteiger partial charge on any atom is -0.371 e. The Labute approximate surface area is 190 Å². The smallest absolute Gasteiger partial charge is 0.329 e. The summed E-state index contributed by atoms with van der Waals surface area (Å²) in [6.45, 7) is 7.51. The average Bonchev–Trinajstić information content (AvgIpc) is 2.99. The fraction of sp³-hybridized carbons (Fsp3) is 0.261. The Hall–Kier alpha value is -3.13. The summed E-state index contributed by atoms with van der Waals surface area (Å²) in [4.78, 5) is 40.3. The number of carbonyl (C=O) groups is 3. The van der Waals surface area contributed by atoms with Crippen molar-refractivity contribution in [3.63, 3.8) is 0 Å². The molecule has 1 aliphatic rings. The predicted molar refractivity (Wildman–Crippen MR) is 126 cm³/mol. The van der Waals surface area contributed by atoms with Gasteiger partial charge >= 0.3 is 6.03 Å². The van der Waals surface area contributed by atoms with Gasteiger partial charge in [0.05, 0.1) is 5.69 Å². The molecule has 0 unspecified atom stereocenters. The number of hydrogen-bond acceptors (Lipinski definition) is 4. The van der Waals surface area contributed by atoms with Gasteiger partial charge in [-0.15, -0.1) is 0 Å². The van der Waals surface area contributed by atoms with Crippen molar-refractivity contribution in [3.05, 3.63) is 63.8 Å². The van der Waals surface area contributed by atoms with Crippen LogP contribution in [-0.4, -0.2) is 42.4 Å². The minimum atomic E-state index is -0.617. The van der Waals surface area contributed by atoms with Gasteiger partial charge in [0.1, 0.15) is 12.2 Å². The molecule has 0 bridgehead atoms. The van der Waals surface area contributed by atoms with E-state index in [4.69, 9.17) is 0 Å². The van der Waals surface area contributed by atoms with Gasteiger partial charge in [0.15, 0.2) is 0 Å². The van der Waals surface area contributed by atoms with E-state index in [1.165, 1.54) is 0 Å². The molecule has 0 aromatic heterocycles. The number of aryl methyl sites for hydroxylation is 1. The quantitative estimate of drug-likeness (QED) is 0.457. The van der Waals surface area contributed by atoms with Crippen molar-refractivity contribution in [2.45, 2.75) is 20.8 Å². The first kappa shape index (κ1) is 22.6. The molecular weight excluding hydrogens is 460 g/mol. The normalized spacial score (nSPS) is 14.7. The highest BCUT2D eigenvalue weighted by Crippen LogP contribution is 2.28. The van der Waals surface area contributed by atoms with E-state index in [1.54, 1.807) is 18.2 Å². The lowest BCUT2D eigenvalue weighted by Crippen LogP contribution is -2.38. The first-order valence-electron chi connectivity index (χ1n) is 10.1. The number of rotatable bonds is 7. The van der Waals surface area contributed by atoms with Gasteiger partial charge < -0.3 is 15.5 Å².